The van der Waals surface area contributed by atoms with Crippen molar-refractivity contribution in [1.82, 2.24) is 5.32 Å². The summed E-state index contributed by atoms with van der Waals surface area (Å²) in [6, 6.07) is 11.8. The summed E-state index contributed by atoms with van der Waals surface area (Å²) >= 11 is 0. The lowest BCUT2D eigenvalue weighted by atomic mass is 9.96. The van der Waals surface area contributed by atoms with Crippen LogP contribution in [0.15, 0.2) is 48.5 Å². The molecule has 3 rings (SSSR count). The van der Waals surface area contributed by atoms with E-state index in [9.17, 15) is 18.4 Å². The highest BCUT2D eigenvalue weighted by atomic mass is 19.1. The van der Waals surface area contributed by atoms with Crippen LogP contribution >= 0.6 is 0 Å². The molecule has 0 spiro atoms. The third kappa shape index (κ3) is 3.74. The summed E-state index contributed by atoms with van der Waals surface area (Å²) < 4.78 is 31.9. The molecule has 1 fully saturated rings. The zero-order chi connectivity index (χ0) is 18.7. The van der Waals surface area contributed by atoms with Gasteiger partial charge in [-0.3, -0.25) is 9.59 Å². The van der Waals surface area contributed by atoms with Gasteiger partial charge in [0.25, 0.3) is 5.91 Å². The molecule has 0 bridgehead atoms. The topological polar surface area (TPSA) is 55.4 Å². The first-order valence-corrected chi connectivity index (χ1v) is 8.39. The van der Waals surface area contributed by atoms with Crippen LogP contribution < -0.4 is 5.32 Å². The Labute approximate surface area is 150 Å². The van der Waals surface area contributed by atoms with Crippen LogP contribution in [0.1, 0.15) is 36.9 Å². The van der Waals surface area contributed by atoms with Crippen molar-refractivity contribution in [2.75, 3.05) is 6.61 Å². The molecule has 1 amide bonds. The van der Waals surface area contributed by atoms with Crippen LogP contribution in [0.5, 0.6) is 0 Å². The van der Waals surface area contributed by atoms with E-state index in [-0.39, 0.29) is 5.56 Å². The van der Waals surface area contributed by atoms with E-state index in [1.807, 2.05) is 30.3 Å². The van der Waals surface area contributed by atoms with Gasteiger partial charge in [-0.15, -0.1) is 0 Å². The molecule has 0 radical (unpaired) electrons. The third-order valence-electron chi connectivity index (χ3n) is 4.61. The van der Waals surface area contributed by atoms with E-state index in [4.69, 9.17) is 4.74 Å². The lowest BCUT2D eigenvalue weighted by Gasteiger charge is -2.17. The lowest BCUT2D eigenvalue weighted by Crippen LogP contribution is -2.33. The molecule has 0 aromatic heterocycles. The molecular formula is C20H19F2NO3. The number of amides is 1. The highest BCUT2D eigenvalue weighted by molar-refractivity contribution is 5.89. The van der Waals surface area contributed by atoms with Crippen molar-refractivity contribution in [3.8, 4) is 0 Å². The average molecular weight is 359 g/mol. The van der Waals surface area contributed by atoms with E-state index in [2.05, 4.69) is 5.32 Å². The summed E-state index contributed by atoms with van der Waals surface area (Å²) in [5, 5.41) is 2.54. The van der Waals surface area contributed by atoms with E-state index >= 15 is 0 Å². The normalized spacial score (nSPS) is 15.8. The summed E-state index contributed by atoms with van der Waals surface area (Å²) in [4.78, 5) is 24.4. The number of halogens is 2. The molecule has 0 heterocycles. The minimum Gasteiger partial charge on any atom is -0.455 e. The van der Waals surface area contributed by atoms with Gasteiger partial charge in [-0.1, -0.05) is 36.4 Å². The number of ether oxygens (including phenoxy) is 1. The van der Waals surface area contributed by atoms with Crippen LogP contribution in [0.2, 0.25) is 0 Å². The van der Waals surface area contributed by atoms with Gasteiger partial charge in [0, 0.05) is 11.6 Å². The highest BCUT2D eigenvalue weighted by Crippen LogP contribution is 2.49. The van der Waals surface area contributed by atoms with Crippen LogP contribution in [-0.2, 0) is 19.7 Å². The summed E-state index contributed by atoms with van der Waals surface area (Å²) in [5.74, 6) is -2.40. The summed E-state index contributed by atoms with van der Waals surface area (Å²) in [5.41, 5.74) is 0.386. The molecule has 2 aromatic carbocycles. The smallest absolute Gasteiger partial charge is 0.317 e. The predicted octanol–water partition coefficient (Wildman–Crippen LogP) is 3.42. The van der Waals surface area contributed by atoms with Gasteiger partial charge < -0.3 is 10.1 Å². The molecular weight excluding hydrogens is 340 g/mol. The lowest BCUT2D eigenvalue weighted by molar-refractivity contribution is -0.151. The Kier molecular flexibility index (Phi) is 5.02. The highest BCUT2D eigenvalue weighted by Gasteiger charge is 2.52. The molecule has 1 N–H and O–H groups in total. The third-order valence-corrected chi connectivity index (χ3v) is 4.61. The van der Waals surface area contributed by atoms with Crippen LogP contribution in [0.4, 0.5) is 8.78 Å². The molecule has 26 heavy (non-hydrogen) atoms. The van der Waals surface area contributed by atoms with Crippen molar-refractivity contribution in [3.05, 3.63) is 71.3 Å². The quantitative estimate of drug-likeness (QED) is 0.804. The minimum atomic E-state index is -0.740. The Morgan fingerprint density at radius 2 is 1.85 bits per heavy atom. The first kappa shape index (κ1) is 18.0. The van der Waals surface area contributed by atoms with Crippen LogP contribution in [0.25, 0.3) is 0 Å². The molecule has 1 atom stereocenters. The Balaban J connectivity index is 1.55. The number of nitrogens with one attached hydrogen (secondary N) is 1. The Morgan fingerprint density at radius 1 is 1.15 bits per heavy atom. The van der Waals surface area contributed by atoms with Crippen LogP contribution in [-0.4, -0.2) is 18.5 Å². The fourth-order valence-corrected chi connectivity index (χ4v) is 2.98. The first-order valence-electron chi connectivity index (χ1n) is 8.39. The maximum absolute atomic E-state index is 13.7. The number of rotatable bonds is 6. The van der Waals surface area contributed by atoms with Crippen molar-refractivity contribution in [1.29, 1.82) is 0 Å². The van der Waals surface area contributed by atoms with Gasteiger partial charge >= 0.3 is 5.97 Å². The first-order chi connectivity index (χ1) is 12.4. The summed E-state index contributed by atoms with van der Waals surface area (Å²) in [6.07, 6.45) is 1.38. The number of hydrogen-bond donors (Lipinski definition) is 1. The van der Waals surface area contributed by atoms with Crippen LogP contribution in [0.3, 0.4) is 0 Å². The molecule has 1 aliphatic rings. The van der Waals surface area contributed by atoms with Gasteiger partial charge in [0.1, 0.15) is 11.6 Å². The minimum absolute atomic E-state index is 0.161. The second kappa shape index (κ2) is 7.23. The Hall–Kier alpha value is -2.76. The van der Waals surface area contributed by atoms with Gasteiger partial charge in [-0.2, -0.15) is 0 Å². The van der Waals surface area contributed by atoms with Crippen molar-refractivity contribution < 1.29 is 23.1 Å². The second-order valence-corrected chi connectivity index (χ2v) is 6.48. The van der Waals surface area contributed by atoms with Crippen molar-refractivity contribution in [3.63, 3.8) is 0 Å². The maximum Gasteiger partial charge on any atom is 0.317 e. The van der Waals surface area contributed by atoms with Crippen molar-refractivity contribution in [2.45, 2.75) is 31.2 Å². The van der Waals surface area contributed by atoms with Gasteiger partial charge in [-0.25, -0.2) is 8.78 Å². The number of benzene rings is 2. The van der Waals surface area contributed by atoms with Gasteiger partial charge in [-0.05, 0) is 31.4 Å². The largest absolute Gasteiger partial charge is 0.455 e. The molecule has 0 unspecified atom stereocenters. The molecule has 0 saturated heterocycles. The Morgan fingerprint density at radius 3 is 2.46 bits per heavy atom. The van der Waals surface area contributed by atoms with E-state index in [0.29, 0.717) is 12.8 Å². The fourth-order valence-electron chi connectivity index (χ4n) is 2.98. The zero-order valence-corrected chi connectivity index (χ0v) is 14.3. The van der Waals surface area contributed by atoms with E-state index in [1.165, 1.54) is 6.07 Å². The SMILES string of the molecule is C[C@H](NC(=O)COC(=O)C1(c2ccccc2)CC1)c1ccc(F)cc1F. The monoisotopic (exact) mass is 359 g/mol. The number of carbonyl (C=O) groups is 2. The zero-order valence-electron chi connectivity index (χ0n) is 14.3. The molecule has 6 heteroatoms. The molecule has 4 nitrogen and oxygen atoms in total. The van der Waals surface area contributed by atoms with E-state index < -0.39 is 41.6 Å². The van der Waals surface area contributed by atoms with Gasteiger partial charge in [0.2, 0.25) is 0 Å². The molecule has 1 aliphatic carbocycles. The standard InChI is InChI=1S/C20H19F2NO3/c1-13(16-8-7-15(21)11-17(16)22)23-18(24)12-26-19(25)20(9-10-20)14-5-3-2-4-6-14/h2-8,11,13H,9-10,12H2,1H3,(H,23,24)/t13-/m0/s1. The van der Waals surface area contributed by atoms with Crippen molar-refractivity contribution in [2.24, 2.45) is 0 Å². The summed E-state index contributed by atoms with van der Waals surface area (Å²) in [7, 11) is 0. The second-order valence-electron chi connectivity index (χ2n) is 6.48. The average Bonchev–Trinajstić information content (AvgIpc) is 3.42. The summed E-state index contributed by atoms with van der Waals surface area (Å²) in [6.45, 7) is 1.13. The molecule has 0 aliphatic heterocycles. The van der Waals surface area contributed by atoms with E-state index in [0.717, 1.165) is 17.7 Å². The Bertz CT molecular complexity index is 819. The van der Waals surface area contributed by atoms with Crippen molar-refractivity contribution >= 4 is 11.9 Å². The predicted molar refractivity (Wildman–Crippen MR) is 91.2 cm³/mol. The number of hydrogen-bond acceptors (Lipinski definition) is 3. The van der Waals surface area contributed by atoms with Crippen LogP contribution in [0, 0.1) is 11.6 Å². The van der Waals surface area contributed by atoms with E-state index in [1.54, 1.807) is 6.92 Å². The number of carbonyl (C=O) groups excluding carboxylic acids is 2. The molecule has 2 aromatic rings. The van der Waals surface area contributed by atoms with Gasteiger partial charge in [0.05, 0.1) is 11.5 Å². The molecule has 136 valence electrons. The molecule has 1 saturated carbocycles. The number of esters is 1. The van der Waals surface area contributed by atoms with Gasteiger partial charge in [0.15, 0.2) is 6.61 Å². The fraction of sp³-hybridized carbons (Fsp3) is 0.300. The maximum atomic E-state index is 13.7.